The van der Waals surface area contributed by atoms with Gasteiger partial charge in [-0.05, 0) is 18.2 Å². The Morgan fingerprint density at radius 3 is 3.14 bits per heavy atom. The number of carbonyl (C=O) groups excluding carboxylic acids is 1. The Bertz CT molecular complexity index is 653. The maximum atomic E-state index is 13.5. The van der Waals surface area contributed by atoms with Gasteiger partial charge in [0.2, 0.25) is 5.91 Å². The van der Waals surface area contributed by atoms with Crippen LogP contribution in [0.1, 0.15) is 0 Å². The summed E-state index contributed by atoms with van der Waals surface area (Å²) in [7, 11) is 1.60. The number of hydrogen-bond acceptors (Lipinski definition) is 5. The van der Waals surface area contributed by atoms with Crippen molar-refractivity contribution in [2.24, 2.45) is 0 Å². The summed E-state index contributed by atoms with van der Waals surface area (Å²) in [4.78, 5) is 11.9. The second-order valence-corrected chi connectivity index (χ2v) is 5.64. The van der Waals surface area contributed by atoms with E-state index in [1.807, 2.05) is 0 Å². The Hall–Kier alpha value is -1.64. The molecule has 1 amide bonds. The van der Waals surface area contributed by atoms with E-state index in [0.717, 1.165) is 0 Å². The largest absolute Gasteiger partial charge is 0.383 e. The lowest BCUT2D eigenvalue weighted by Gasteiger charge is -2.07. The van der Waals surface area contributed by atoms with Crippen molar-refractivity contribution >= 4 is 35.0 Å². The molecule has 9 heteroatoms. The predicted molar refractivity (Wildman–Crippen MR) is 82.7 cm³/mol. The molecule has 0 saturated carbocycles. The molecule has 0 aliphatic rings. The van der Waals surface area contributed by atoms with Gasteiger partial charge in [-0.25, -0.2) is 4.39 Å². The standard InChI is InChI=1S/C13H14ClFN4O2S/c1-21-5-4-19-8-16-18-13(19)22-7-12(20)17-11-6-9(14)2-3-10(11)15/h2-3,6,8H,4-5,7H2,1H3,(H,17,20). The van der Waals surface area contributed by atoms with Crippen molar-refractivity contribution in [1.29, 1.82) is 0 Å². The first-order valence-electron chi connectivity index (χ1n) is 6.34. The summed E-state index contributed by atoms with van der Waals surface area (Å²) in [6.45, 7) is 1.11. The lowest BCUT2D eigenvalue weighted by molar-refractivity contribution is -0.113. The number of nitrogens with one attached hydrogen (secondary N) is 1. The van der Waals surface area contributed by atoms with Crippen molar-refractivity contribution in [3.63, 3.8) is 0 Å². The molecule has 0 bridgehead atoms. The number of rotatable bonds is 7. The number of thioether (sulfide) groups is 1. The molecule has 2 aromatic rings. The fraction of sp³-hybridized carbons (Fsp3) is 0.308. The SMILES string of the molecule is COCCn1cnnc1SCC(=O)Nc1cc(Cl)ccc1F. The van der Waals surface area contributed by atoms with Gasteiger partial charge >= 0.3 is 0 Å². The molecule has 0 saturated heterocycles. The fourth-order valence-corrected chi connectivity index (χ4v) is 2.52. The summed E-state index contributed by atoms with van der Waals surface area (Å²) >= 11 is 6.98. The summed E-state index contributed by atoms with van der Waals surface area (Å²) in [5.41, 5.74) is 0.0546. The second-order valence-electron chi connectivity index (χ2n) is 4.26. The molecule has 0 spiro atoms. The van der Waals surface area contributed by atoms with Gasteiger partial charge in [-0.15, -0.1) is 10.2 Å². The number of aromatic nitrogens is 3. The van der Waals surface area contributed by atoms with E-state index in [0.29, 0.717) is 23.3 Å². The van der Waals surface area contributed by atoms with Crippen molar-refractivity contribution < 1.29 is 13.9 Å². The Labute approximate surface area is 136 Å². The zero-order valence-electron chi connectivity index (χ0n) is 11.8. The quantitative estimate of drug-likeness (QED) is 0.781. The van der Waals surface area contributed by atoms with Gasteiger partial charge in [-0.2, -0.15) is 0 Å². The molecule has 0 aliphatic heterocycles. The second kappa shape index (κ2) is 8.11. The van der Waals surface area contributed by atoms with Crippen LogP contribution >= 0.6 is 23.4 Å². The third kappa shape index (κ3) is 4.69. The van der Waals surface area contributed by atoms with Crippen LogP contribution in [0.15, 0.2) is 29.7 Å². The maximum absolute atomic E-state index is 13.5. The predicted octanol–water partition coefficient (Wildman–Crippen LogP) is 2.45. The lowest BCUT2D eigenvalue weighted by Crippen LogP contribution is -2.15. The Morgan fingerprint density at radius 2 is 2.36 bits per heavy atom. The smallest absolute Gasteiger partial charge is 0.234 e. The molecule has 1 N–H and O–H groups in total. The van der Waals surface area contributed by atoms with Crippen LogP contribution in [0.4, 0.5) is 10.1 Å². The molecule has 0 fully saturated rings. The van der Waals surface area contributed by atoms with Crippen molar-refractivity contribution in [2.45, 2.75) is 11.7 Å². The first-order valence-corrected chi connectivity index (χ1v) is 7.71. The monoisotopic (exact) mass is 344 g/mol. The fourth-order valence-electron chi connectivity index (χ4n) is 1.61. The molecule has 1 aromatic heterocycles. The highest BCUT2D eigenvalue weighted by Gasteiger charge is 2.11. The van der Waals surface area contributed by atoms with Gasteiger partial charge in [0.1, 0.15) is 12.1 Å². The average Bonchev–Trinajstić information content (AvgIpc) is 2.94. The maximum Gasteiger partial charge on any atom is 0.234 e. The molecule has 0 radical (unpaired) electrons. The lowest BCUT2D eigenvalue weighted by atomic mass is 10.3. The van der Waals surface area contributed by atoms with E-state index in [9.17, 15) is 9.18 Å². The third-order valence-electron chi connectivity index (χ3n) is 2.65. The highest BCUT2D eigenvalue weighted by Crippen LogP contribution is 2.20. The van der Waals surface area contributed by atoms with Gasteiger partial charge in [0.25, 0.3) is 0 Å². The van der Waals surface area contributed by atoms with E-state index < -0.39 is 5.82 Å². The van der Waals surface area contributed by atoms with Crippen LogP contribution in [0.5, 0.6) is 0 Å². The Balaban J connectivity index is 1.90. The average molecular weight is 345 g/mol. The topological polar surface area (TPSA) is 69.0 Å². The zero-order chi connectivity index (χ0) is 15.9. The number of halogens is 2. The molecule has 118 valence electrons. The summed E-state index contributed by atoms with van der Waals surface area (Å²) in [6, 6.07) is 3.98. The van der Waals surface area contributed by atoms with Crippen molar-refractivity contribution in [3.05, 3.63) is 35.4 Å². The van der Waals surface area contributed by atoms with Crippen LogP contribution in [-0.2, 0) is 16.1 Å². The van der Waals surface area contributed by atoms with E-state index in [-0.39, 0.29) is 17.3 Å². The van der Waals surface area contributed by atoms with Crippen LogP contribution < -0.4 is 5.32 Å². The number of carbonyl (C=O) groups is 1. The first kappa shape index (κ1) is 16.7. The highest BCUT2D eigenvalue weighted by molar-refractivity contribution is 7.99. The minimum atomic E-state index is -0.536. The molecule has 1 heterocycles. The third-order valence-corrected chi connectivity index (χ3v) is 3.87. The van der Waals surface area contributed by atoms with Crippen LogP contribution in [0.3, 0.4) is 0 Å². The van der Waals surface area contributed by atoms with Gasteiger partial charge in [0.05, 0.1) is 18.0 Å². The van der Waals surface area contributed by atoms with Crippen LogP contribution in [0.25, 0.3) is 0 Å². The summed E-state index contributed by atoms with van der Waals surface area (Å²) in [5, 5.41) is 11.1. The van der Waals surface area contributed by atoms with Crippen LogP contribution in [0, 0.1) is 5.82 Å². The van der Waals surface area contributed by atoms with E-state index in [2.05, 4.69) is 15.5 Å². The number of nitrogens with zero attached hydrogens (tertiary/aromatic N) is 3. The normalized spacial score (nSPS) is 10.7. The molecular formula is C13H14ClFN4O2S. The van der Waals surface area contributed by atoms with Crippen LogP contribution in [-0.4, -0.2) is 40.1 Å². The Morgan fingerprint density at radius 1 is 1.55 bits per heavy atom. The van der Waals surface area contributed by atoms with Crippen molar-refractivity contribution in [2.75, 3.05) is 24.8 Å². The number of amides is 1. The van der Waals surface area contributed by atoms with E-state index in [4.69, 9.17) is 16.3 Å². The number of hydrogen-bond donors (Lipinski definition) is 1. The molecule has 6 nitrogen and oxygen atoms in total. The van der Waals surface area contributed by atoms with Gasteiger partial charge in [-0.1, -0.05) is 23.4 Å². The number of benzene rings is 1. The molecule has 0 unspecified atom stereocenters. The molecular weight excluding hydrogens is 331 g/mol. The molecule has 1 aromatic carbocycles. The molecule has 22 heavy (non-hydrogen) atoms. The Kier molecular flexibility index (Phi) is 6.17. The van der Waals surface area contributed by atoms with Gasteiger partial charge in [0, 0.05) is 18.7 Å². The molecule has 0 aliphatic carbocycles. The molecule has 2 rings (SSSR count). The summed E-state index contributed by atoms with van der Waals surface area (Å²) in [5.74, 6) is -0.809. The first-order chi connectivity index (χ1) is 10.6. The summed E-state index contributed by atoms with van der Waals surface area (Å²) < 4.78 is 20.3. The number of methoxy groups -OCH3 is 1. The zero-order valence-corrected chi connectivity index (χ0v) is 13.3. The van der Waals surface area contributed by atoms with Gasteiger partial charge in [-0.3, -0.25) is 4.79 Å². The van der Waals surface area contributed by atoms with Gasteiger partial charge < -0.3 is 14.6 Å². The minimum Gasteiger partial charge on any atom is -0.383 e. The molecule has 0 atom stereocenters. The number of anilines is 1. The summed E-state index contributed by atoms with van der Waals surface area (Å²) in [6.07, 6.45) is 1.57. The highest BCUT2D eigenvalue weighted by atomic mass is 35.5. The number of ether oxygens (including phenoxy) is 1. The van der Waals surface area contributed by atoms with Gasteiger partial charge in [0.15, 0.2) is 5.16 Å². The van der Waals surface area contributed by atoms with E-state index >= 15 is 0 Å². The van der Waals surface area contributed by atoms with E-state index in [1.54, 1.807) is 18.0 Å². The van der Waals surface area contributed by atoms with Crippen LogP contribution in [0.2, 0.25) is 5.02 Å². The minimum absolute atomic E-state index is 0.0546. The van der Waals surface area contributed by atoms with Crippen molar-refractivity contribution in [1.82, 2.24) is 14.8 Å². The van der Waals surface area contributed by atoms with Crippen molar-refractivity contribution in [3.8, 4) is 0 Å². The van der Waals surface area contributed by atoms with E-state index in [1.165, 1.54) is 30.0 Å².